The molecule has 0 bridgehead atoms. The minimum atomic E-state index is 0.131. The lowest BCUT2D eigenvalue weighted by atomic mass is 10.1. The zero-order valence-electron chi connectivity index (χ0n) is 12.9. The number of hydrogen-bond donors (Lipinski definition) is 0. The molecule has 0 N–H and O–H groups in total. The van der Waals surface area contributed by atoms with Crippen LogP contribution >= 0.6 is 0 Å². The Hall–Kier alpha value is -1.95. The van der Waals surface area contributed by atoms with Crippen LogP contribution in [0.4, 0.5) is 0 Å². The first-order valence-corrected chi connectivity index (χ1v) is 7.80. The molecule has 1 saturated heterocycles. The van der Waals surface area contributed by atoms with E-state index in [1.165, 1.54) is 0 Å². The molecule has 22 heavy (non-hydrogen) atoms. The zero-order valence-corrected chi connectivity index (χ0v) is 12.9. The van der Waals surface area contributed by atoms with E-state index in [-0.39, 0.29) is 5.91 Å². The Balaban J connectivity index is 1.55. The van der Waals surface area contributed by atoms with E-state index in [1.54, 1.807) is 18.7 Å². The molecule has 0 unspecified atom stereocenters. The highest BCUT2D eigenvalue weighted by atomic mass is 16.5. The molecular formula is C16H22N4O2. The molecule has 0 saturated carbocycles. The van der Waals surface area contributed by atoms with Crippen LogP contribution in [0.15, 0.2) is 30.3 Å². The van der Waals surface area contributed by atoms with Gasteiger partial charge in [-0.1, -0.05) is 0 Å². The van der Waals surface area contributed by atoms with Gasteiger partial charge in [0.05, 0.1) is 25.0 Å². The highest BCUT2D eigenvalue weighted by Gasteiger charge is 2.30. The molecular weight excluding hydrogens is 280 g/mol. The third-order valence-corrected chi connectivity index (χ3v) is 4.29. The quantitative estimate of drug-likeness (QED) is 0.836. The Morgan fingerprint density at radius 2 is 2.27 bits per heavy atom. The lowest BCUT2D eigenvalue weighted by Gasteiger charge is -2.24. The number of ether oxygens (including phenoxy) is 1. The van der Waals surface area contributed by atoms with Crippen LogP contribution < -0.4 is 0 Å². The van der Waals surface area contributed by atoms with Crippen molar-refractivity contribution in [3.63, 3.8) is 0 Å². The molecule has 1 amide bonds. The van der Waals surface area contributed by atoms with Gasteiger partial charge >= 0.3 is 0 Å². The van der Waals surface area contributed by atoms with Crippen LogP contribution in [0, 0.1) is 0 Å². The van der Waals surface area contributed by atoms with Gasteiger partial charge in [-0.05, 0) is 32.4 Å². The SMILES string of the molecule is CN(Cc1ncccn1)[C@H]1CCN(C(=O)C2=COCCC2)C1. The largest absolute Gasteiger partial charge is 0.501 e. The first-order chi connectivity index (χ1) is 10.7. The van der Waals surface area contributed by atoms with Crippen LogP contribution in [0.1, 0.15) is 25.1 Å². The molecule has 1 atom stereocenters. The molecule has 3 heterocycles. The number of carbonyl (C=O) groups is 1. The fourth-order valence-corrected chi connectivity index (χ4v) is 2.97. The van der Waals surface area contributed by atoms with Crippen LogP contribution in [-0.4, -0.2) is 58.5 Å². The van der Waals surface area contributed by atoms with Gasteiger partial charge in [-0.2, -0.15) is 0 Å². The second-order valence-electron chi connectivity index (χ2n) is 5.89. The molecule has 1 fully saturated rings. The molecule has 0 radical (unpaired) electrons. The van der Waals surface area contributed by atoms with Crippen molar-refractivity contribution in [2.75, 3.05) is 26.7 Å². The van der Waals surface area contributed by atoms with Gasteiger partial charge in [0, 0.05) is 31.5 Å². The Labute approximate surface area is 130 Å². The number of nitrogens with zero attached hydrogens (tertiary/aromatic N) is 4. The monoisotopic (exact) mass is 302 g/mol. The molecule has 0 spiro atoms. The maximum Gasteiger partial charge on any atom is 0.252 e. The van der Waals surface area contributed by atoms with Crippen molar-refractivity contribution >= 4 is 5.91 Å². The summed E-state index contributed by atoms with van der Waals surface area (Å²) in [5.74, 6) is 0.949. The summed E-state index contributed by atoms with van der Waals surface area (Å²) in [5, 5.41) is 0. The molecule has 2 aliphatic heterocycles. The summed E-state index contributed by atoms with van der Waals surface area (Å²) in [6.07, 6.45) is 7.91. The number of aromatic nitrogens is 2. The minimum absolute atomic E-state index is 0.131. The molecule has 2 aliphatic rings. The molecule has 0 aromatic carbocycles. The smallest absolute Gasteiger partial charge is 0.252 e. The molecule has 1 aromatic rings. The third kappa shape index (κ3) is 3.44. The van der Waals surface area contributed by atoms with Crippen molar-refractivity contribution < 1.29 is 9.53 Å². The fraction of sp³-hybridized carbons (Fsp3) is 0.562. The molecule has 1 aromatic heterocycles. The highest BCUT2D eigenvalue weighted by Crippen LogP contribution is 2.21. The van der Waals surface area contributed by atoms with Crippen LogP contribution in [0.25, 0.3) is 0 Å². The van der Waals surface area contributed by atoms with E-state index in [0.29, 0.717) is 12.6 Å². The van der Waals surface area contributed by atoms with Crippen molar-refractivity contribution in [3.8, 4) is 0 Å². The molecule has 6 heteroatoms. The molecule has 3 rings (SSSR count). The Bertz CT molecular complexity index is 546. The van der Waals surface area contributed by atoms with Crippen LogP contribution in [0.2, 0.25) is 0 Å². The molecule has 118 valence electrons. The number of amides is 1. The average Bonchev–Trinajstić information content (AvgIpc) is 3.06. The lowest BCUT2D eigenvalue weighted by Crippen LogP contribution is -2.37. The van der Waals surface area contributed by atoms with E-state index < -0.39 is 0 Å². The van der Waals surface area contributed by atoms with Gasteiger partial charge in [-0.15, -0.1) is 0 Å². The maximum atomic E-state index is 12.5. The van der Waals surface area contributed by atoms with Gasteiger partial charge < -0.3 is 9.64 Å². The van der Waals surface area contributed by atoms with Gasteiger partial charge in [-0.25, -0.2) is 9.97 Å². The number of likely N-dealkylation sites (N-methyl/N-ethyl adjacent to an activating group) is 1. The van der Waals surface area contributed by atoms with Gasteiger partial charge in [0.1, 0.15) is 5.82 Å². The van der Waals surface area contributed by atoms with Crippen molar-refractivity contribution in [2.24, 2.45) is 0 Å². The van der Waals surface area contributed by atoms with Crippen molar-refractivity contribution in [3.05, 3.63) is 36.1 Å². The summed E-state index contributed by atoms with van der Waals surface area (Å²) in [5.41, 5.74) is 0.806. The number of hydrogen-bond acceptors (Lipinski definition) is 5. The van der Waals surface area contributed by atoms with E-state index in [9.17, 15) is 4.79 Å². The van der Waals surface area contributed by atoms with Gasteiger partial charge in [-0.3, -0.25) is 9.69 Å². The predicted octanol–water partition coefficient (Wildman–Crippen LogP) is 1.20. The van der Waals surface area contributed by atoms with Gasteiger partial charge in [0.25, 0.3) is 5.91 Å². The Morgan fingerprint density at radius 1 is 1.45 bits per heavy atom. The van der Waals surface area contributed by atoms with E-state index >= 15 is 0 Å². The highest BCUT2D eigenvalue weighted by molar-refractivity contribution is 5.93. The van der Waals surface area contributed by atoms with Crippen molar-refractivity contribution in [1.82, 2.24) is 19.8 Å². The zero-order chi connectivity index (χ0) is 15.4. The predicted molar refractivity (Wildman–Crippen MR) is 81.8 cm³/mol. The summed E-state index contributed by atoms with van der Waals surface area (Å²) in [6, 6.07) is 2.18. The number of likely N-dealkylation sites (tertiary alicyclic amines) is 1. The molecule has 0 aliphatic carbocycles. The van der Waals surface area contributed by atoms with E-state index in [0.717, 1.165) is 50.4 Å². The normalized spacial score (nSPS) is 21.6. The van der Waals surface area contributed by atoms with E-state index in [4.69, 9.17) is 4.74 Å². The third-order valence-electron chi connectivity index (χ3n) is 4.29. The van der Waals surface area contributed by atoms with E-state index in [2.05, 4.69) is 21.9 Å². The van der Waals surface area contributed by atoms with Crippen LogP contribution in [-0.2, 0) is 16.1 Å². The van der Waals surface area contributed by atoms with Crippen molar-refractivity contribution in [1.29, 1.82) is 0 Å². The van der Waals surface area contributed by atoms with Crippen LogP contribution in [0.3, 0.4) is 0 Å². The Morgan fingerprint density at radius 3 is 3.00 bits per heavy atom. The average molecular weight is 302 g/mol. The van der Waals surface area contributed by atoms with Crippen LogP contribution in [0.5, 0.6) is 0 Å². The second kappa shape index (κ2) is 6.87. The minimum Gasteiger partial charge on any atom is -0.501 e. The number of carbonyl (C=O) groups excluding carboxylic acids is 1. The summed E-state index contributed by atoms with van der Waals surface area (Å²) in [4.78, 5) is 25.1. The first-order valence-electron chi connectivity index (χ1n) is 7.80. The summed E-state index contributed by atoms with van der Waals surface area (Å²) in [6.45, 7) is 3.00. The second-order valence-corrected chi connectivity index (χ2v) is 5.89. The molecule has 6 nitrogen and oxygen atoms in total. The standard InChI is InChI=1S/C16H22N4O2/c1-19(11-15-17-6-3-7-18-15)14-5-8-20(10-14)16(21)13-4-2-9-22-12-13/h3,6-7,12,14H,2,4-5,8-11H2,1H3/t14-/m0/s1. The van der Waals surface area contributed by atoms with E-state index in [1.807, 2.05) is 11.0 Å². The maximum absolute atomic E-state index is 12.5. The van der Waals surface area contributed by atoms with Crippen molar-refractivity contribution in [2.45, 2.75) is 31.8 Å². The van der Waals surface area contributed by atoms with Gasteiger partial charge in [0.15, 0.2) is 0 Å². The summed E-state index contributed by atoms with van der Waals surface area (Å²) in [7, 11) is 2.07. The lowest BCUT2D eigenvalue weighted by molar-refractivity contribution is -0.126. The first kappa shape index (κ1) is 15.0. The summed E-state index contributed by atoms with van der Waals surface area (Å²) < 4.78 is 5.28. The number of rotatable bonds is 4. The summed E-state index contributed by atoms with van der Waals surface area (Å²) >= 11 is 0. The topological polar surface area (TPSA) is 58.6 Å². The fourth-order valence-electron chi connectivity index (χ4n) is 2.97. The van der Waals surface area contributed by atoms with Gasteiger partial charge in [0.2, 0.25) is 0 Å². The Kier molecular flexibility index (Phi) is 4.68.